The Morgan fingerprint density at radius 1 is 1.60 bits per heavy atom. The summed E-state index contributed by atoms with van der Waals surface area (Å²) in [6.07, 6.45) is 10.8. The summed E-state index contributed by atoms with van der Waals surface area (Å²) in [5.74, 6) is 0.841. The van der Waals surface area contributed by atoms with Crippen LogP contribution in [0.2, 0.25) is 0 Å². The molecule has 0 atom stereocenters. The van der Waals surface area contributed by atoms with Crippen molar-refractivity contribution >= 4 is 12.0 Å². The Balaban J connectivity index is 1.68. The predicted octanol–water partition coefficient (Wildman–Crippen LogP) is 2.22. The minimum atomic E-state index is 0.0211. The number of hydrogen-bond donors (Lipinski definition) is 0. The summed E-state index contributed by atoms with van der Waals surface area (Å²) < 4.78 is 7.04. The van der Waals surface area contributed by atoms with Crippen molar-refractivity contribution in [1.82, 2.24) is 14.7 Å². The molecule has 1 amide bonds. The Morgan fingerprint density at radius 2 is 2.45 bits per heavy atom. The Hall–Kier alpha value is -2.30. The third kappa shape index (κ3) is 2.99. The summed E-state index contributed by atoms with van der Waals surface area (Å²) in [6.45, 7) is 0.536. The summed E-state index contributed by atoms with van der Waals surface area (Å²) in [5, 5.41) is 4.07. The number of carbonyl (C=O) groups is 1. The van der Waals surface area contributed by atoms with Crippen LogP contribution in [-0.2, 0) is 18.4 Å². The van der Waals surface area contributed by atoms with E-state index in [2.05, 4.69) is 5.10 Å². The second-order valence-corrected chi connectivity index (χ2v) is 5.06. The van der Waals surface area contributed by atoms with Crippen LogP contribution in [0.1, 0.15) is 24.2 Å². The lowest BCUT2D eigenvalue weighted by Gasteiger charge is -2.19. The number of rotatable bonds is 5. The van der Waals surface area contributed by atoms with Crippen LogP contribution < -0.4 is 0 Å². The largest absolute Gasteiger partial charge is 0.467 e. The summed E-state index contributed by atoms with van der Waals surface area (Å²) >= 11 is 0. The second-order valence-electron chi connectivity index (χ2n) is 5.06. The van der Waals surface area contributed by atoms with Gasteiger partial charge in [-0.15, -0.1) is 0 Å². The lowest BCUT2D eigenvalue weighted by molar-refractivity contribution is -0.127. The standard InChI is InChI=1S/C15H17N3O2/c1-17-10-12(9-16-17)4-7-15(19)18(13-5-6-13)11-14-3-2-8-20-14/h2-4,7-10,13H,5-6,11H2,1H3/b7-4+. The molecule has 2 heterocycles. The van der Waals surface area contributed by atoms with E-state index in [1.54, 1.807) is 29.3 Å². The van der Waals surface area contributed by atoms with E-state index in [0.29, 0.717) is 12.6 Å². The molecule has 0 N–H and O–H groups in total. The van der Waals surface area contributed by atoms with Crippen molar-refractivity contribution in [2.45, 2.75) is 25.4 Å². The Bertz CT molecular complexity index is 609. The first-order valence-electron chi connectivity index (χ1n) is 6.72. The summed E-state index contributed by atoms with van der Waals surface area (Å²) in [5.41, 5.74) is 0.926. The molecule has 0 unspecified atom stereocenters. The number of nitrogens with zero attached hydrogens (tertiary/aromatic N) is 3. The molecule has 1 saturated carbocycles. The number of furan rings is 1. The molecule has 0 bridgehead atoms. The van der Waals surface area contributed by atoms with E-state index in [-0.39, 0.29) is 5.91 Å². The van der Waals surface area contributed by atoms with Crippen LogP contribution in [0.15, 0.2) is 41.3 Å². The molecule has 2 aromatic heterocycles. The second kappa shape index (κ2) is 5.36. The van der Waals surface area contributed by atoms with Gasteiger partial charge < -0.3 is 9.32 Å². The first-order chi connectivity index (χ1) is 9.72. The molecule has 104 valence electrons. The molecule has 1 aliphatic rings. The van der Waals surface area contributed by atoms with E-state index < -0.39 is 0 Å². The van der Waals surface area contributed by atoms with Crippen molar-refractivity contribution in [2.24, 2.45) is 7.05 Å². The molecule has 5 nitrogen and oxygen atoms in total. The van der Waals surface area contributed by atoms with Gasteiger partial charge in [0.25, 0.3) is 0 Å². The van der Waals surface area contributed by atoms with Crippen molar-refractivity contribution in [3.05, 3.63) is 48.2 Å². The highest BCUT2D eigenvalue weighted by Gasteiger charge is 2.32. The van der Waals surface area contributed by atoms with Crippen LogP contribution in [0.5, 0.6) is 0 Å². The minimum Gasteiger partial charge on any atom is -0.467 e. The third-order valence-electron chi connectivity index (χ3n) is 3.32. The van der Waals surface area contributed by atoms with Crippen molar-refractivity contribution in [2.75, 3.05) is 0 Å². The highest BCUT2D eigenvalue weighted by Crippen LogP contribution is 2.28. The van der Waals surface area contributed by atoms with Gasteiger partial charge in [-0.25, -0.2) is 0 Å². The van der Waals surface area contributed by atoms with Crippen molar-refractivity contribution in [1.29, 1.82) is 0 Å². The van der Waals surface area contributed by atoms with Crippen molar-refractivity contribution < 1.29 is 9.21 Å². The molecule has 3 rings (SSSR count). The van der Waals surface area contributed by atoms with Crippen LogP contribution >= 0.6 is 0 Å². The maximum atomic E-state index is 12.3. The zero-order valence-electron chi connectivity index (χ0n) is 11.4. The van der Waals surface area contributed by atoms with Crippen LogP contribution in [-0.4, -0.2) is 26.6 Å². The van der Waals surface area contributed by atoms with E-state index >= 15 is 0 Å². The van der Waals surface area contributed by atoms with Gasteiger partial charge in [0, 0.05) is 30.9 Å². The monoisotopic (exact) mass is 271 g/mol. The lowest BCUT2D eigenvalue weighted by atomic mass is 10.3. The molecule has 0 aromatic carbocycles. The Morgan fingerprint density at radius 3 is 3.05 bits per heavy atom. The molecule has 2 aromatic rings. The molecular weight excluding hydrogens is 254 g/mol. The van der Waals surface area contributed by atoms with Crippen LogP contribution in [0.25, 0.3) is 6.08 Å². The molecular formula is C15H17N3O2. The first kappa shape index (κ1) is 12.7. The molecule has 1 fully saturated rings. The van der Waals surface area contributed by atoms with Gasteiger partial charge >= 0.3 is 0 Å². The van der Waals surface area contributed by atoms with E-state index in [1.807, 2.05) is 30.3 Å². The number of aryl methyl sites for hydroxylation is 1. The highest BCUT2D eigenvalue weighted by molar-refractivity contribution is 5.92. The maximum Gasteiger partial charge on any atom is 0.247 e. The van der Waals surface area contributed by atoms with Crippen LogP contribution in [0, 0.1) is 0 Å². The fourth-order valence-corrected chi connectivity index (χ4v) is 2.13. The number of aromatic nitrogens is 2. The van der Waals surface area contributed by atoms with Gasteiger partial charge in [-0.05, 0) is 31.1 Å². The zero-order valence-corrected chi connectivity index (χ0v) is 11.4. The van der Waals surface area contributed by atoms with Gasteiger partial charge in [0.15, 0.2) is 0 Å². The van der Waals surface area contributed by atoms with Crippen molar-refractivity contribution in [3.63, 3.8) is 0 Å². The Kier molecular flexibility index (Phi) is 3.41. The van der Waals surface area contributed by atoms with Crippen molar-refractivity contribution in [3.8, 4) is 0 Å². The van der Waals surface area contributed by atoms with E-state index in [1.165, 1.54) is 0 Å². The molecule has 0 spiro atoms. The van der Waals surface area contributed by atoms with Gasteiger partial charge in [0.1, 0.15) is 5.76 Å². The number of carbonyl (C=O) groups excluding carboxylic acids is 1. The average molecular weight is 271 g/mol. The summed E-state index contributed by atoms with van der Waals surface area (Å²) in [6, 6.07) is 4.09. The average Bonchev–Trinajstić information content (AvgIpc) is 2.97. The van der Waals surface area contributed by atoms with E-state index in [4.69, 9.17) is 4.42 Å². The third-order valence-corrected chi connectivity index (χ3v) is 3.32. The van der Waals surface area contributed by atoms with Gasteiger partial charge in [0.2, 0.25) is 5.91 Å². The summed E-state index contributed by atoms with van der Waals surface area (Å²) in [7, 11) is 1.85. The molecule has 0 radical (unpaired) electrons. The van der Waals surface area contributed by atoms with Gasteiger partial charge in [-0.3, -0.25) is 9.48 Å². The van der Waals surface area contributed by atoms with E-state index in [0.717, 1.165) is 24.2 Å². The molecule has 0 saturated heterocycles. The molecule has 0 aliphatic heterocycles. The zero-order chi connectivity index (χ0) is 13.9. The molecule has 20 heavy (non-hydrogen) atoms. The quantitative estimate of drug-likeness (QED) is 0.783. The number of hydrogen-bond acceptors (Lipinski definition) is 3. The maximum absolute atomic E-state index is 12.3. The number of amides is 1. The van der Waals surface area contributed by atoms with Crippen LogP contribution in [0.3, 0.4) is 0 Å². The Labute approximate surface area is 117 Å². The fourth-order valence-electron chi connectivity index (χ4n) is 2.13. The fraction of sp³-hybridized carbons (Fsp3) is 0.333. The SMILES string of the molecule is Cn1cc(/C=C/C(=O)N(Cc2ccco2)C2CC2)cn1. The lowest BCUT2D eigenvalue weighted by Crippen LogP contribution is -2.30. The minimum absolute atomic E-state index is 0.0211. The molecule has 5 heteroatoms. The summed E-state index contributed by atoms with van der Waals surface area (Å²) in [4.78, 5) is 14.2. The van der Waals surface area contributed by atoms with E-state index in [9.17, 15) is 4.79 Å². The van der Waals surface area contributed by atoms with Gasteiger partial charge in [-0.1, -0.05) is 0 Å². The highest BCUT2D eigenvalue weighted by atomic mass is 16.3. The molecule has 1 aliphatic carbocycles. The topological polar surface area (TPSA) is 51.3 Å². The van der Waals surface area contributed by atoms with Crippen LogP contribution in [0.4, 0.5) is 0 Å². The first-order valence-corrected chi connectivity index (χ1v) is 6.72. The predicted molar refractivity (Wildman–Crippen MR) is 74.5 cm³/mol. The van der Waals surface area contributed by atoms with Gasteiger partial charge in [-0.2, -0.15) is 5.10 Å². The smallest absolute Gasteiger partial charge is 0.247 e. The normalized spacial score (nSPS) is 14.8. The van der Waals surface area contributed by atoms with Gasteiger partial charge in [0.05, 0.1) is 19.0 Å².